The summed E-state index contributed by atoms with van der Waals surface area (Å²) < 4.78 is 26.6. The lowest BCUT2D eigenvalue weighted by atomic mass is 10.1. The van der Waals surface area contributed by atoms with Crippen molar-refractivity contribution in [2.45, 2.75) is 44.2 Å². The number of nitrogens with one attached hydrogen (secondary N) is 2. The van der Waals surface area contributed by atoms with Gasteiger partial charge in [0.15, 0.2) is 0 Å². The minimum absolute atomic E-state index is 0.0158. The van der Waals surface area contributed by atoms with Crippen molar-refractivity contribution in [3.8, 4) is 0 Å². The third kappa shape index (κ3) is 4.81. The standard InChI is InChI=1S/C13H22N2O3S/c1-4-14-19(17,18)13-8-6-5-7-12(13)15-10(2)9-11(3)16/h5-8,10-11,14-16H,4,9H2,1-3H3. The molecule has 0 radical (unpaired) electrons. The molecular weight excluding hydrogens is 264 g/mol. The topological polar surface area (TPSA) is 78.4 Å². The van der Waals surface area contributed by atoms with E-state index in [1.54, 1.807) is 38.1 Å². The van der Waals surface area contributed by atoms with Gasteiger partial charge in [-0.25, -0.2) is 13.1 Å². The molecule has 0 amide bonds. The lowest BCUT2D eigenvalue weighted by Gasteiger charge is -2.19. The zero-order valence-electron chi connectivity index (χ0n) is 11.6. The molecule has 0 aromatic heterocycles. The van der Waals surface area contributed by atoms with Gasteiger partial charge in [0.25, 0.3) is 0 Å². The van der Waals surface area contributed by atoms with Gasteiger partial charge in [-0.05, 0) is 32.4 Å². The average molecular weight is 286 g/mol. The molecule has 0 aliphatic heterocycles. The fourth-order valence-corrected chi connectivity index (χ4v) is 3.13. The number of aliphatic hydroxyl groups is 1. The van der Waals surface area contributed by atoms with Gasteiger partial charge in [0.1, 0.15) is 4.90 Å². The molecule has 108 valence electrons. The van der Waals surface area contributed by atoms with Crippen LogP contribution in [0.4, 0.5) is 5.69 Å². The lowest BCUT2D eigenvalue weighted by Crippen LogP contribution is -2.26. The normalized spacial score (nSPS) is 14.9. The summed E-state index contributed by atoms with van der Waals surface area (Å²) in [5, 5.41) is 12.5. The molecule has 0 aliphatic carbocycles. The van der Waals surface area contributed by atoms with Crippen LogP contribution in [0, 0.1) is 0 Å². The lowest BCUT2D eigenvalue weighted by molar-refractivity contribution is 0.179. The van der Waals surface area contributed by atoms with Crippen LogP contribution in [0.2, 0.25) is 0 Å². The third-order valence-corrected chi connectivity index (χ3v) is 4.21. The third-order valence-electron chi connectivity index (χ3n) is 2.61. The van der Waals surface area contributed by atoms with E-state index >= 15 is 0 Å². The number of hydrogen-bond donors (Lipinski definition) is 3. The highest BCUT2D eigenvalue weighted by atomic mass is 32.2. The number of sulfonamides is 1. The largest absolute Gasteiger partial charge is 0.393 e. The van der Waals surface area contributed by atoms with Crippen LogP contribution in [0.25, 0.3) is 0 Å². The van der Waals surface area contributed by atoms with E-state index in [2.05, 4.69) is 10.0 Å². The molecule has 5 nitrogen and oxygen atoms in total. The SMILES string of the molecule is CCNS(=O)(=O)c1ccccc1NC(C)CC(C)O. The average Bonchev–Trinajstić information content (AvgIpc) is 2.28. The summed E-state index contributed by atoms with van der Waals surface area (Å²) in [5.41, 5.74) is 0.552. The highest BCUT2D eigenvalue weighted by Crippen LogP contribution is 2.22. The van der Waals surface area contributed by atoms with Crippen LogP contribution < -0.4 is 10.0 Å². The summed E-state index contributed by atoms with van der Waals surface area (Å²) in [6.07, 6.45) is 0.121. The van der Waals surface area contributed by atoms with Gasteiger partial charge >= 0.3 is 0 Å². The Morgan fingerprint density at radius 1 is 1.26 bits per heavy atom. The smallest absolute Gasteiger partial charge is 0.242 e. The van der Waals surface area contributed by atoms with Gasteiger partial charge in [-0.15, -0.1) is 0 Å². The Balaban J connectivity index is 2.97. The van der Waals surface area contributed by atoms with Crippen LogP contribution >= 0.6 is 0 Å². The monoisotopic (exact) mass is 286 g/mol. The number of para-hydroxylation sites is 1. The number of aliphatic hydroxyl groups excluding tert-OH is 1. The zero-order valence-corrected chi connectivity index (χ0v) is 12.4. The van der Waals surface area contributed by atoms with Gasteiger partial charge in [-0.2, -0.15) is 0 Å². The Bertz CT molecular complexity index is 500. The van der Waals surface area contributed by atoms with Crippen molar-refractivity contribution in [1.82, 2.24) is 4.72 Å². The van der Waals surface area contributed by atoms with E-state index in [1.165, 1.54) is 0 Å². The van der Waals surface area contributed by atoms with Crippen LogP contribution in [0.1, 0.15) is 27.2 Å². The molecule has 19 heavy (non-hydrogen) atoms. The van der Waals surface area contributed by atoms with E-state index in [0.717, 1.165) is 0 Å². The van der Waals surface area contributed by atoms with Gasteiger partial charge in [0.2, 0.25) is 10.0 Å². The maximum absolute atomic E-state index is 12.1. The van der Waals surface area contributed by atoms with Crippen LogP contribution in [-0.4, -0.2) is 32.2 Å². The van der Waals surface area contributed by atoms with Crippen molar-refractivity contribution in [2.24, 2.45) is 0 Å². The highest BCUT2D eigenvalue weighted by Gasteiger charge is 2.18. The second kappa shape index (κ2) is 6.88. The Morgan fingerprint density at radius 3 is 2.47 bits per heavy atom. The van der Waals surface area contributed by atoms with Crippen LogP contribution in [0.3, 0.4) is 0 Å². The summed E-state index contributed by atoms with van der Waals surface area (Å²) in [4.78, 5) is 0.231. The summed E-state index contributed by atoms with van der Waals surface area (Å²) in [6, 6.07) is 6.74. The molecule has 1 aromatic rings. The molecule has 2 atom stereocenters. The van der Waals surface area contributed by atoms with Gasteiger partial charge in [0.05, 0.1) is 11.8 Å². The molecule has 3 N–H and O–H groups in total. The first-order chi connectivity index (χ1) is 8.86. The second-order valence-corrected chi connectivity index (χ2v) is 6.36. The molecule has 0 fully saturated rings. The van der Waals surface area contributed by atoms with Crippen LogP contribution in [0.5, 0.6) is 0 Å². The Morgan fingerprint density at radius 2 is 1.89 bits per heavy atom. The molecule has 0 saturated carbocycles. The maximum Gasteiger partial charge on any atom is 0.242 e. The summed E-state index contributed by atoms with van der Waals surface area (Å²) >= 11 is 0. The molecule has 0 bridgehead atoms. The van der Waals surface area contributed by atoms with Gasteiger partial charge in [-0.1, -0.05) is 19.1 Å². The zero-order chi connectivity index (χ0) is 14.5. The van der Waals surface area contributed by atoms with Gasteiger partial charge in [-0.3, -0.25) is 0 Å². The molecule has 0 spiro atoms. The van der Waals surface area contributed by atoms with Crippen LogP contribution in [0.15, 0.2) is 29.2 Å². The minimum atomic E-state index is -3.49. The number of benzene rings is 1. The van der Waals surface area contributed by atoms with Crippen molar-refractivity contribution in [2.75, 3.05) is 11.9 Å². The summed E-state index contributed by atoms with van der Waals surface area (Å²) in [5.74, 6) is 0. The summed E-state index contributed by atoms with van der Waals surface area (Å²) in [7, 11) is -3.49. The maximum atomic E-state index is 12.1. The van der Waals surface area contributed by atoms with Crippen LogP contribution in [-0.2, 0) is 10.0 Å². The first kappa shape index (κ1) is 15.9. The van der Waals surface area contributed by atoms with Crippen molar-refractivity contribution < 1.29 is 13.5 Å². The molecule has 0 saturated heterocycles. The first-order valence-electron chi connectivity index (χ1n) is 6.40. The Labute approximate surface area is 115 Å². The van der Waals surface area contributed by atoms with Crippen molar-refractivity contribution in [3.63, 3.8) is 0 Å². The number of rotatable bonds is 7. The molecule has 2 unspecified atom stereocenters. The minimum Gasteiger partial charge on any atom is -0.393 e. The fraction of sp³-hybridized carbons (Fsp3) is 0.538. The van der Waals surface area contributed by atoms with E-state index in [9.17, 15) is 13.5 Å². The predicted octanol–water partition coefficient (Wildman–Crippen LogP) is 1.56. The quantitative estimate of drug-likeness (QED) is 0.711. The van der Waals surface area contributed by atoms with Crippen molar-refractivity contribution in [1.29, 1.82) is 0 Å². The van der Waals surface area contributed by atoms with Crippen molar-refractivity contribution in [3.05, 3.63) is 24.3 Å². The van der Waals surface area contributed by atoms with E-state index in [4.69, 9.17) is 0 Å². The first-order valence-corrected chi connectivity index (χ1v) is 7.88. The Hall–Kier alpha value is -1.11. The second-order valence-electron chi connectivity index (χ2n) is 4.63. The molecule has 1 rings (SSSR count). The van der Waals surface area contributed by atoms with Gasteiger partial charge in [0, 0.05) is 12.6 Å². The molecular formula is C13H22N2O3S. The van der Waals surface area contributed by atoms with Crippen molar-refractivity contribution >= 4 is 15.7 Å². The van der Waals surface area contributed by atoms with E-state index < -0.39 is 16.1 Å². The van der Waals surface area contributed by atoms with Gasteiger partial charge < -0.3 is 10.4 Å². The van der Waals surface area contributed by atoms with E-state index in [1.807, 2.05) is 6.92 Å². The number of anilines is 1. The molecule has 0 aliphatic rings. The highest BCUT2D eigenvalue weighted by molar-refractivity contribution is 7.89. The number of hydrogen-bond acceptors (Lipinski definition) is 4. The fourth-order valence-electron chi connectivity index (χ4n) is 1.92. The van der Waals surface area contributed by atoms with E-state index in [-0.39, 0.29) is 10.9 Å². The predicted molar refractivity (Wildman–Crippen MR) is 76.7 cm³/mol. The molecule has 1 aromatic carbocycles. The molecule has 0 heterocycles. The van der Waals surface area contributed by atoms with E-state index in [0.29, 0.717) is 18.7 Å². The Kier molecular flexibility index (Phi) is 5.78. The summed E-state index contributed by atoms with van der Waals surface area (Å²) in [6.45, 7) is 5.70. The molecule has 6 heteroatoms.